The predicted octanol–water partition coefficient (Wildman–Crippen LogP) is 1.48. The number of nitrogens with two attached hydrogens (primary N) is 1. The van der Waals surface area contributed by atoms with E-state index in [9.17, 15) is 9.59 Å². The number of hydrazone groups is 1. The second-order valence-electron chi connectivity index (χ2n) is 5.60. The molecule has 0 aliphatic carbocycles. The lowest BCUT2D eigenvalue weighted by atomic mass is 10.1. The lowest BCUT2D eigenvalue weighted by Gasteiger charge is -2.26. The maximum atomic E-state index is 12.2. The number of rotatable bonds is 7. The van der Waals surface area contributed by atoms with E-state index < -0.39 is 6.03 Å². The summed E-state index contributed by atoms with van der Waals surface area (Å²) in [6, 6.07) is 4.43. The van der Waals surface area contributed by atoms with Crippen LogP contribution in [0.15, 0.2) is 23.3 Å². The van der Waals surface area contributed by atoms with Gasteiger partial charge in [0.1, 0.15) is 0 Å². The fraction of sp³-hybridized carbons (Fsp3) is 0.471. The zero-order valence-corrected chi connectivity index (χ0v) is 14.4. The Morgan fingerprint density at radius 3 is 2.68 bits per heavy atom. The van der Waals surface area contributed by atoms with E-state index in [2.05, 4.69) is 10.5 Å². The summed E-state index contributed by atoms with van der Waals surface area (Å²) >= 11 is 0. The summed E-state index contributed by atoms with van der Waals surface area (Å²) in [5.74, 6) is 0.989. The van der Waals surface area contributed by atoms with Crippen molar-refractivity contribution in [3.05, 3.63) is 23.8 Å². The van der Waals surface area contributed by atoms with Crippen LogP contribution in [0.1, 0.15) is 31.7 Å². The molecule has 25 heavy (non-hydrogen) atoms. The Labute approximate surface area is 147 Å². The number of primary amides is 1. The fourth-order valence-corrected chi connectivity index (χ4v) is 2.54. The van der Waals surface area contributed by atoms with Crippen molar-refractivity contribution in [3.63, 3.8) is 0 Å². The Hall–Kier alpha value is -2.77. The van der Waals surface area contributed by atoms with Crippen molar-refractivity contribution in [1.82, 2.24) is 10.3 Å². The molecule has 8 nitrogen and oxygen atoms in total. The van der Waals surface area contributed by atoms with Gasteiger partial charge in [0.25, 0.3) is 5.91 Å². The van der Waals surface area contributed by atoms with Gasteiger partial charge < -0.3 is 20.1 Å². The summed E-state index contributed by atoms with van der Waals surface area (Å²) in [5.41, 5.74) is 7.77. The summed E-state index contributed by atoms with van der Waals surface area (Å²) in [6.07, 6.45) is 4.70. The Morgan fingerprint density at radius 2 is 2.00 bits per heavy atom. The van der Waals surface area contributed by atoms with Crippen LogP contribution in [0, 0.1) is 0 Å². The van der Waals surface area contributed by atoms with Crippen LogP contribution < -0.4 is 20.6 Å². The smallest absolute Gasteiger partial charge is 0.332 e. The molecule has 0 spiro atoms. The average molecular weight is 348 g/mol. The van der Waals surface area contributed by atoms with Gasteiger partial charge in [-0.2, -0.15) is 5.10 Å². The molecular formula is C17H24N4O4. The van der Waals surface area contributed by atoms with Crippen LogP contribution in [0.25, 0.3) is 0 Å². The molecule has 1 saturated heterocycles. The van der Waals surface area contributed by atoms with Crippen LogP contribution in [0.5, 0.6) is 11.5 Å². The molecule has 0 saturated carbocycles. The number of urea groups is 1. The molecular weight excluding hydrogens is 324 g/mol. The third kappa shape index (κ3) is 5.98. The van der Waals surface area contributed by atoms with Crippen molar-refractivity contribution < 1.29 is 19.1 Å². The molecule has 1 fully saturated rings. The summed E-state index contributed by atoms with van der Waals surface area (Å²) in [6.45, 7) is 3.89. The molecule has 3 amide bonds. The van der Waals surface area contributed by atoms with Gasteiger partial charge in [0, 0.05) is 13.1 Å². The van der Waals surface area contributed by atoms with Crippen LogP contribution in [-0.2, 0) is 4.79 Å². The second-order valence-corrected chi connectivity index (χ2v) is 5.60. The van der Waals surface area contributed by atoms with Crippen molar-refractivity contribution in [2.45, 2.75) is 26.2 Å². The minimum Gasteiger partial charge on any atom is -0.490 e. The SMILES string of the molecule is CCOc1cc(/C=N\NC(N)=O)ccc1OCC(=O)N1CCCCC1. The number of ether oxygens (including phenoxy) is 2. The highest BCUT2D eigenvalue weighted by Gasteiger charge is 2.17. The minimum atomic E-state index is -0.738. The molecule has 0 bridgehead atoms. The number of hydrogen-bond donors (Lipinski definition) is 2. The molecule has 1 aliphatic heterocycles. The number of nitrogens with zero attached hydrogens (tertiary/aromatic N) is 2. The second kappa shape index (κ2) is 9.51. The van der Waals surface area contributed by atoms with Gasteiger partial charge in [-0.3, -0.25) is 4.79 Å². The molecule has 136 valence electrons. The molecule has 1 aliphatic rings. The first-order valence-electron chi connectivity index (χ1n) is 8.36. The van der Waals surface area contributed by atoms with E-state index in [4.69, 9.17) is 15.2 Å². The Bertz CT molecular complexity index is 627. The van der Waals surface area contributed by atoms with Crippen molar-refractivity contribution in [3.8, 4) is 11.5 Å². The average Bonchev–Trinajstić information content (AvgIpc) is 2.61. The maximum Gasteiger partial charge on any atom is 0.332 e. The Morgan fingerprint density at radius 1 is 1.24 bits per heavy atom. The van der Waals surface area contributed by atoms with Gasteiger partial charge >= 0.3 is 6.03 Å². The third-order valence-corrected chi connectivity index (χ3v) is 3.72. The zero-order chi connectivity index (χ0) is 18.1. The number of hydrogen-bond acceptors (Lipinski definition) is 5. The summed E-state index contributed by atoms with van der Waals surface area (Å²) < 4.78 is 11.2. The first kappa shape index (κ1) is 18.6. The first-order chi connectivity index (χ1) is 12.1. The number of nitrogens with one attached hydrogen (secondary N) is 1. The van der Waals surface area contributed by atoms with Crippen molar-refractivity contribution in [2.24, 2.45) is 10.8 Å². The molecule has 1 aromatic carbocycles. The summed E-state index contributed by atoms with van der Waals surface area (Å²) in [5, 5.41) is 3.70. The third-order valence-electron chi connectivity index (χ3n) is 3.72. The number of carbonyl (C=O) groups excluding carboxylic acids is 2. The van der Waals surface area contributed by atoms with Crippen LogP contribution in [0.3, 0.4) is 0 Å². The van der Waals surface area contributed by atoms with E-state index in [1.165, 1.54) is 12.6 Å². The lowest BCUT2D eigenvalue weighted by molar-refractivity contribution is -0.134. The van der Waals surface area contributed by atoms with Crippen LogP contribution in [0.4, 0.5) is 4.79 Å². The fourth-order valence-electron chi connectivity index (χ4n) is 2.54. The molecule has 8 heteroatoms. The standard InChI is InChI=1S/C17H24N4O4/c1-2-24-15-10-13(11-19-20-17(18)23)6-7-14(15)25-12-16(22)21-8-4-3-5-9-21/h6-7,10-11H,2-5,8-9,12H2,1H3,(H3,18,20,23)/b19-11-. The quantitative estimate of drug-likeness (QED) is 0.575. The first-order valence-corrected chi connectivity index (χ1v) is 8.36. The van der Waals surface area contributed by atoms with E-state index in [0.717, 1.165) is 25.9 Å². The van der Waals surface area contributed by atoms with Gasteiger partial charge in [-0.15, -0.1) is 0 Å². The van der Waals surface area contributed by atoms with Crippen LogP contribution >= 0.6 is 0 Å². The Kier molecular flexibility index (Phi) is 7.06. The van der Waals surface area contributed by atoms with E-state index in [-0.39, 0.29) is 12.5 Å². The molecule has 0 atom stereocenters. The van der Waals surface area contributed by atoms with Gasteiger partial charge in [-0.25, -0.2) is 10.2 Å². The maximum absolute atomic E-state index is 12.2. The molecule has 0 unspecified atom stereocenters. The lowest BCUT2D eigenvalue weighted by Crippen LogP contribution is -2.38. The van der Waals surface area contributed by atoms with Gasteiger partial charge in [-0.05, 0) is 49.9 Å². The van der Waals surface area contributed by atoms with Gasteiger partial charge in [0.2, 0.25) is 0 Å². The molecule has 0 radical (unpaired) electrons. The van der Waals surface area contributed by atoms with E-state index >= 15 is 0 Å². The molecule has 3 N–H and O–H groups in total. The highest BCUT2D eigenvalue weighted by molar-refractivity contribution is 5.82. The highest BCUT2D eigenvalue weighted by atomic mass is 16.5. The van der Waals surface area contributed by atoms with Crippen molar-refractivity contribution >= 4 is 18.2 Å². The van der Waals surface area contributed by atoms with Crippen molar-refractivity contribution in [1.29, 1.82) is 0 Å². The minimum absolute atomic E-state index is 0.0153. The van der Waals surface area contributed by atoms with Crippen LogP contribution in [-0.4, -0.2) is 49.4 Å². The number of likely N-dealkylation sites (tertiary alicyclic amines) is 1. The normalized spacial score (nSPS) is 14.4. The van der Waals surface area contributed by atoms with Gasteiger partial charge in [0.05, 0.1) is 12.8 Å². The van der Waals surface area contributed by atoms with E-state index in [1.807, 2.05) is 11.8 Å². The molecule has 1 aromatic rings. The topological polar surface area (TPSA) is 106 Å². The number of amides is 3. The highest BCUT2D eigenvalue weighted by Crippen LogP contribution is 2.28. The van der Waals surface area contributed by atoms with Gasteiger partial charge in [0.15, 0.2) is 18.1 Å². The number of piperidine rings is 1. The number of carbonyl (C=O) groups is 2. The van der Waals surface area contributed by atoms with E-state index in [0.29, 0.717) is 23.7 Å². The van der Waals surface area contributed by atoms with Crippen LogP contribution in [0.2, 0.25) is 0 Å². The number of benzene rings is 1. The summed E-state index contributed by atoms with van der Waals surface area (Å²) in [4.78, 5) is 24.6. The largest absolute Gasteiger partial charge is 0.490 e. The predicted molar refractivity (Wildman–Crippen MR) is 93.9 cm³/mol. The summed E-state index contributed by atoms with van der Waals surface area (Å²) in [7, 11) is 0. The molecule has 2 rings (SSSR count). The zero-order valence-electron chi connectivity index (χ0n) is 14.4. The monoisotopic (exact) mass is 348 g/mol. The Balaban J connectivity index is 1.99. The molecule has 1 heterocycles. The van der Waals surface area contributed by atoms with Crippen molar-refractivity contribution in [2.75, 3.05) is 26.3 Å². The van der Waals surface area contributed by atoms with E-state index in [1.54, 1.807) is 18.2 Å². The molecule has 0 aromatic heterocycles. The van der Waals surface area contributed by atoms with Gasteiger partial charge in [-0.1, -0.05) is 0 Å².